The van der Waals surface area contributed by atoms with E-state index in [9.17, 15) is 9.59 Å². The lowest BCUT2D eigenvalue weighted by Crippen LogP contribution is -2.40. The molecule has 0 unspecified atom stereocenters. The molecule has 0 saturated carbocycles. The number of nitrogens with zero attached hydrogens (tertiary/aromatic N) is 3. The number of carbonyl (C=O) groups is 2. The van der Waals surface area contributed by atoms with Crippen molar-refractivity contribution in [2.24, 2.45) is 5.41 Å². The van der Waals surface area contributed by atoms with Crippen molar-refractivity contribution in [3.8, 4) is 22.3 Å². The molecule has 1 aromatic carbocycles. The van der Waals surface area contributed by atoms with Crippen LogP contribution in [0, 0.1) is 5.41 Å². The van der Waals surface area contributed by atoms with Gasteiger partial charge in [0.25, 0.3) is 5.91 Å². The van der Waals surface area contributed by atoms with Gasteiger partial charge in [-0.15, -0.1) is 11.3 Å². The summed E-state index contributed by atoms with van der Waals surface area (Å²) >= 11 is 1.63. The molecule has 6 rings (SSSR count). The van der Waals surface area contributed by atoms with E-state index < -0.39 is 0 Å². The van der Waals surface area contributed by atoms with Gasteiger partial charge in [0.1, 0.15) is 5.00 Å². The molecule has 2 aromatic heterocycles. The van der Waals surface area contributed by atoms with Crippen molar-refractivity contribution in [3.63, 3.8) is 0 Å². The first-order valence-corrected chi connectivity index (χ1v) is 14.2. The predicted octanol–water partition coefficient (Wildman–Crippen LogP) is 4.94. The quantitative estimate of drug-likeness (QED) is 0.475. The monoisotopic (exact) mass is 531 g/mol. The van der Waals surface area contributed by atoms with E-state index in [4.69, 9.17) is 9.47 Å². The first-order chi connectivity index (χ1) is 18.4. The molecule has 2 aliphatic heterocycles. The molecule has 7 nitrogen and oxygen atoms in total. The summed E-state index contributed by atoms with van der Waals surface area (Å²) < 4.78 is 11.1. The molecule has 1 amide bonds. The fraction of sp³-hybridized carbons (Fsp3) is 0.433. The van der Waals surface area contributed by atoms with Crippen molar-refractivity contribution in [1.82, 2.24) is 9.88 Å². The topological polar surface area (TPSA) is 72.0 Å². The highest BCUT2D eigenvalue weighted by Crippen LogP contribution is 2.51. The molecule has 0 radical (unpaired) electrons. The lowest BCUT2D eigenvalue weighted by Gasteiger charge is -2.30. The zero-order valence-corrected chi connectivity index (χ0v) is 22.8. The summed E-state index contributed by atoms with van der Waals surface area (Å²) in [5, 5.41) is 1.14. The van der Waals surface area contributed by atoms with E-state index in [0.717, 1.165) is 57.2 Å². The first-order valence-electron chi connectivity index (χ1n) is 13.3. The average Bonchev–Trinajstić information content (AvgIpc) is 3.32. The van der Waals surface area contributed by atoms with Gasteiger partial charge in [-0.3, -0.25) is 14.6 Å². The number of pyridine rings is 1. The maximum Gasteiger partial charge on any atom is 0.254 e. The number of hydrogen-bond acceptors (Lipinski definition) is 7. The van der Waals surface area contributed by atoms with Gasteiger partial charge in [0, 0.05) is 61.7 Å². The Morgan fingerprint density at radius 3 is 2.47 bits per heavy atom. The third-order valence-electron chi connectivity index (χ3n) is 7.64. The minimum absolute atomic E-state index is 0.0230. The Bertz CT molecular complexity index is 1370. The first kappa shape index (κ1) is 25.2. The Morgan fingerprint density at radius 1 is 0.974 bits per heavy atom. The van der Waals surface area contributed by atoms with E-state index in [0.29, 0.717) is 51.5 Å². The third kappa shape index (κ3) is 4.77. The molecule has 0 N–H and O–H groups in total. The van der Waals surface area contributed by atoms with E-state index in [1.54, 1.807) is 11.3 Å². The molecule has 0 bridgehead atoms. The zero-order chi connectivity index (χ0) is 26.3. The van der Waals surface area contributed by atoms with Crippen LogP contribution in [-0.2, 0) is 15.9 Å². The summed E-state index contributed by atoms with van der Waals surface area (Å²) in [4.78, 5) is 36.2. The second kappa shape index (κ2) is 10.2. The fourth-order valence-corrected chi connectivity index (χ4v) is 7.10. The normalized spacial score (nSPS) is 19.4. The summed E-state index contributed by atoms with van der Waals surface area (Å²) in [6.45, 7) is 9.66. The molecule has 0 atom stereocenters. The highest BCUT2D eigenvalue weighted by molar-refractivity contribution is 7.19. The van der Waals surface area contributed by atoms with Crippen LogP contribution in [0.5, 0.6) is 0 Å². The number of anilines is 1. The van der Waals surface area contributed by atoms with Crippen LogP contribution < -0.4 is 4.90 Å². The standard InChI is InChI=1S/C30H33N3O4S/c1-30(2)17-23-26(29(33-10-14-37-15-11-33)38-27(23)25(34)18-30)22-6-7-31-19-24(22)20-4-3-5-21(16-20)28(35)32-8-12-36-13-9-32/h3-7,16,19H,8-15,17-18H2,1-2H3. The number of aromatic nitrogens is 1. The van der Waals surface area contributed by atoms with Gasteiger partial charge in [0.2, 0.25) is 0 Å². The van der Waals surface area contributed by atoms with Gasteiger partial charge in [-0.2, -0.15) is 0 Å². The molecule has 38 heavy (non-hydrogen) atoms. The number of fused-ring (bicyclic) bond motifs is 1. The van der Waals surface area contributed by atoms with Gasteiger partial charge in [-0.05, 0) is 46.7 Å². The van der Waals surface area contributed by atoms with Crippen LogP contribution in [-0.4, -0.2) is 74.2 Å². The number of rotatable bonds is 4. The number of hydrogen-bond donors (Lipinski definition) is 0. The van der Waals surface area contributed by atoms with Crippen molar-refractivity contribution in [1.29, 1.82) is 0 Å². The van der Waals surface area contributed by atoms with E-state index in [-0.39, 0.29) is 17.1 Å². The molecule has 3 aliphatic rings. The molecular formula is C30H33N3O4S. The van der Waals surface area contributed by atoms with Crippen LogP contribution in [0.3, 0.4) is 0 Å². The maximum absolute atomic E-state index is 13.3. The third-order valence-corrected chi connectivity index (χ3v) is 8.98. The van der Waals surface area contributed by atoms with Gasteiger partial charge in [-0.25, -0.2) is 0 Å². The molecule has 2 fully saturated rings. The lowest BCUT2D eigenvalue weighted by atomic mass is 9.74. The molecule has 3 aromatic rings. The predicted molar refractivity (Wildman–Crippen MR) is 149 cm³/mol. The van der Waals surface area contributed by atoms with Crippen LogP contribution in [0.4, 0.5) is 5.00 Å². The van der Waals surface area contributed by atoms with E-state index in [1.807, 2.05) is 41.6 Å². The summed E-state index contributed by atoms with van der Waals surface area (Å²) in [5.74, 6) is 0.255. The van der Waals surface area contributed by atoms with Crippen molar-refractivity contribution in [3.05, 3.63) is 58.7 Å². The molecule has 1 aliphatic carbocycles. The van der Waals surface area contributed by atoms with E-state index in [2.05, 4.69) is 29.8 Å². The second-order valence-corrected chi connectivity index (χ2v) is 12.0. The minimum Gasteiger partial charge on any atom is -0.378 e. The van der Waals surface area contributed by atoms with Crippen molar-refractivity contribution >= 4 is 28.0 Å². The Hall–Kier alpha value is -3.07. The molecular weight excluding hydrogens is 498 g/mol. The maximum atomic E-state index is 13.3. The van der Waals surface area contributed by atoms with Crippen molar-refractivity contribution < 1.29 is 19.1 Å². The molecule has 4 heterocycles. The smallest absolute Gasteiger partial charge is 0.254 e. The molecule has 8 heteroatoms. The van der Waals surface area contributed by atoms with Gasteiger partial charge in [0.05, 0.1) is 31.3 Å². The lowest BCUT2D eigenvalue weighted by molar-refractivity contribution is 0.0303. The SMILES string of the molecule is CC1(C)CC(=O)c2sc(N3CCOCC3)c(-c3ccncc3-c3cccc(C(=O)N4CCOCC4)c3)c2C1. The molecule has 0 spiro atoms. The minimum atomic E-state index is -0.0973. The van der Waals surface area contributed by atoms with E-state index >= 15 is 0 Å². The highest BCUT2D eigenvalue weighted by Gasteiger charge is 2.37. The van der Waals surface area contributed by atoms with Crippen molar-refractivity contribution in [2.45, 2.75) is 26.7 Å². The number of amides is 1. The van der Waals surface area contributed by atoms with Crippen LogP contribution in [0.2, 0.25) is 0 Å². The van der Waals surface area contributed by atoms with Gasteiger partial charge in [0.15, 0.2) is 5.78 Å². The largest absolute Gasteiger partial charge is 0.378 e. The van der Waals surface area contributed by atoms with Crippen LogP contribution in [0.15, 0.2) is 42.7 Å². The summed E-state index contributed by atoms with van der Waals surface area (Å²) in [5.41, 5.74) is 5.81. The average molecular weight is 532 g/mol. The van der Waals surface area contributed by atoms with Gasteiger partial charge >= 0.3 is 0 Å². The van der Waals surface area contributed by atoms with Gasteiger partial charge < -0.3 is 19.3 Å². The number of morpholine rings is 2. The molecule has 198 valence electrons. The van der Waals surface area contributed by atoms with Crippen LogP contribution >= 0.6 is 11.3 Å². The fourth-order valence-electron chi connectivity index (χ4n) is 5.78. The van der Waals surface area contributed by atoms with Crippen LogP contribution in [0.1, 0.15) is 45.9 Å². The summed E-state index contributed by atoms with van der Waals surface area (Å²) in [6.07, 6.45) is 5.13. The number of thiophene rings is 1. The molecule has 2 saturated heterocycles. The Morgan fingerprint density at radius 2 is 1.71 bits per heavy atom. The Labute approximate surface area is 227 Å². The number of Topliss-reactive ketones (excluding diaryl/α,β-unsaturated/α-hetero) is 1. The summed E-state index contributed by atoms with van der Waals surface area (Å²) in [7, 11) is 0. The van der Waals surface area contributed by atoms with Crippen LogP contribution in [0.25, 0.3) is 22.3 Å². The zero-order valence-electron chi connectivity index (χ0n) is 22.0. The highest BCUT2D eigenvalue weighted by atomic mass is 32.1. The summed E-state index contributed by atoms with van der Waals surface area (Å²) in [6, 6.07) is 9.90. The number of ether oxygens (including phenoxy) is 2. The number of benzene rings is 1. The van der Waals surface area contributed by atoms with E-state index in [1.165, 1.54) is 0 Å². The van der Waals surface area contributed by atoms with Crippen molar-refractivity contribution in [2.75, 3.05) is 57.5 Å². The Kier molecular flexibility index (Phi) is 6.80. The second-order valence-electron chi connectivity index (χ2n) is 11.0. The van der Waals surface area contributed by atoms with Gasteiger partial charge in [-0.1, -0.05) is 26.0 Å². The Balaban J connectivity index is 1.47. The number of carbonyl (C=O) groups excluding carboxylic acids is 2. The number of ketones is 1.